The second-order valence-electron chi connectivity index (χ2n) is 5.67. The lowest BCUT2D eigenvalue weighted by molar-refractivity contribution is 0.857. The lowest BCUT2D eigenvalue weighted by Crippen LogP contribution is -2.13. The van der Waals surface area contributed by atoms with E-state index in [1.54, 1.807) is 10.4 Å². The molecule has 0 bridgehead atoms. The first kappa shape index (κ1) is 13.8. The minimum absolute atomic E-state index is 0.0482. The van der Waals surface area contributed by atoms with E-state index >= 15 is 0 Å². The van der Waals surface area contributed by atoms with Crippen LogP contribution in [0.1, 0.15) is 58.3 Å². The van der Waals surface area contributed by atoms with E-state index in [0.29, 0.717) is 0 Å². The number of hydrogen-bond acceptors (Lipinski definition) is 2. The average molecular weight is 285 g/mol. The van der Waals surface area contributed by atoms with Gasteiger partial charge in [-0.3, -0.25) is 0 Å². The molecule has 0 saturated heterocycles. The Morgan fingerprint density at radius 1 is 1.15 bits per heavy atom. The zero-order valence-electron chi connectivity index (χ0n) is 12.4. The van der Waals surface area contributed by atoms with Crippen molar-refractivity contribution in [3.05, 3.63) is 56.3 Å². The maximum absolute atomic E-state index is 6.59. The topological polar surface area (TPSA) is 26.0 Å². The van der Waals surface area contributed by atoms with Gasteiger partial charge < -0.3 is 5.73 Å². The molecule has 1 aromatic carbocycles. The molecule has 1 aliphatic rings. The van der Waals surface area contributed by atoms with Crippen molar-refractivity contribution < 1.29 is 0 Å². The molecule has 1 heterocycles. The van der Waals surface area contributed by atoms with Crippen LogP contribution < -0.4 is 5.73 Å². The molecule has 2 heteroatoms. The molecule has 2 aromatic rings. The van der Waals surface area contributed by atoms with Gasteiger partial charge >= 0.3 is 0 Å². The maximum Gasteiger partial charge on any atom is 0.0648 e. The van der Waals surface area contributed by atoms with Gasteiger partial charge in [0.1, 0.15) is 0 Å². The van der Waals surface area contributed by atoms with Crippen LogP contribution in [0.5, 0.6) is 0 Å². The predicted octanol–water partition coefficient (Wildman–Crippen LogP) is 4.41. The minimum atomic E-state index is 0.0482. The molecule has 1 atom stereocenters. The standard InChI is InChI=1S/C18H23NS/c1-3-12-8-9-13(4-2)15(10-12)18(19)17-11-14-6-5-7-16(14)20-17/h8-11,18H,3-7,19H2,1-2H3. The summed E-state index contributed by atoms with van der Waals surface area (Å²) in [5, 5.41) is 0. The quantitative estimate of drug-likeness (QED) is 0.884. The van der Waals surface area contributed by atoms with E-state index in [0.717, 1.165) is 12.8 Å². The zero-order valence-corrected chi connectivity index (χ0v) is 13.2. The number of thiophene rings is 1. The highest BCUT2D eigenvalue weighted by molar-refractivity contribution is 7.12. The van der Waals surface area contributed by atoms with E-state index in [1.165, 1.54) is 40.8 Å². The van der Waals surface area contributed by atoms with Crippen molar-refractivity contribution in [2.45, 2.75) is 52.0 Å². The molecule has 0 spiro atoms. The van der Waals surface area contributed by atoms with Crippen LogP contribution in [-0.4, -0.2) is 0 Å². The smallest absolute Gasteiger partial charge is 0.0648 e. The third-order valence-electron chi connectivity index (χ3n) is 4.41. The fourth-order valence-corrected chi connectivity index (χ4v) is 4.41. The van der Waals surface area contributed by atoms with E-state index < -0.39 is 0 Å². The van der Waals surface area contributed by atoms with Gasteiger partial charge in [0, 0.05) is 9.75 Å². The van der Waals surface area contributed by atoms with Crippen LogP contribution >= 0.6 is 11.3 Å². The normalized spacial score (nSPS) is 15.3. The number of hydrogen-bond donors (Lipinski definition) is 1. The van der Waals surface area contributed by atoms with Gasteiger partial charge in [-0.25, -0.2) is 0 Å². The van der Waals surface area contributed by atoms with Crippen molar-refractivity contribution in [1.29, 1.82) is 0 Å². The SMILES string of the molecule is CCc1ccc(CC)c(C(N)c2cc3c(s2)CCC3)c1. The largest absolute Gasteiger partial charge is 0.320 e. The van der Waals surface area contributed by atoms with Gasteiger partial charge in [-0.2, -0.15) is 0 Å². The molecule has 1 aromatic heterocycles. The molecular formula is C18H23NS. The van der Waals surface area contributed by atoms with Gasteiger partial charge in [-0.1, -0.05) is 32.0 Å². The van der Waals surface area contributed by atoms with E-state index in [-0.39, 0.29) is 6.04 Å². The monoisotopic (exact) mass is 285 g/mol. The predicted molar refractivity (Wildman–Crippen MR) is 87.6 cm³/mol. The minimum Gasteiger partial charge on any atom is -0.320 e. The Kier molecular flexibility index (Phi) is 3.95. The molecule has 106 valence electrons. The summed E-state index contributed by atoms with van der Waals surface area (Å²) >= 11 is 1.93. The Morgan fingerprint density at radius 2 is 2.00 bits per heavy atom. The Balaban J connectivity index is 1.97. The molecule has 2 N–H and O–H groups in total. The number of aryl methyl sites for hydroxylation is 4. The molecule has 3 rings (SSSR count). The van der Waals surface area contributed by atoms with Crippen LogP contribution in [0.4, 0.5) is 0 Å². The summed E-state index contributed by atoms with van der Waals surface area (Å²) in [6.45, 7) is 4.42. The summed E-state index contributed by atoms with van der Waals surface area (Å²) in [7, 11) is 0. The van der Waals surface area contributed by atoms with Crippen LogP contribution in [0.2, 0.25) is 0 Å². The Morgan fingerprint density at radius 3 is 2.70 bits per heavy atom. The highest BCUT2D eigenvalue weighted by Crippen LogP contribution is 2.36. The van der Waals surface area contributed by atoms with Crippen molar-refractivity contribution in [3.63, 3.8) is 0 Å². The molecule has 0 aliphatic heterocycles. The molecule has 1 nitrogen and oxygen atoms in total. The zero-order chi connectivity index (χ0) is 14.1. The van der Waals surface area contributed by atoms with E-state index in [9.17, 15) is 0 Å². The van der Waals surface area contributed by atoms with Crippen molar-refractivity contribution in [3.8, 4) is 0 Å². The summed E-state index contributed by atoms with van der Waals surface area (Å²) in [5.41, 5.74) is 12.2. The van der Waals surface area contributed by atoms with Crippen molar-refractivity contribution in [2.75, 3.05) is 0 Å². The summed E-state index contributed by atoms with van der Waals surface area (Å²) in [6, 6.07) is 9.22. The first-order valence-corrected chi connectivity index (χ1v) is 8.53. The van der Waals surface area contributed by atoms with Gasteiger partial charge in [0.2, 0.25) is 0 Å². The summed E-state index contributed by atoms with van der Waals surface area (Å²) < 4.78 is 0. The number of rotatable bonds is 4. The molecule has 0 fully saturated rings. The molecule has 1 unspecified atom stereocenters. The van der Waals surface area contributed by atoms with E-state index in [1.807, 2.05) is 11.3 Å². The third kappa shape index (κ3) is 2.43. The van der Waals surface area contributed by atoms with Crippen LogP contribution in [0.3, 0.4) is 0 Å². The third-order valence-corrected chi connectivity index (χ3v) is 5.73. The van der Waals surface area contributed by atoms with Crippen LogP contribution in [-0.2, 0) is 25.7 Å². The Hall–Kier alpha value is -1.12. The number of nitrogens with two attached hydrogens (primary N) is 1. The van der Waals surface area contributed by atoms with Crippen LogP contribution in [0.25, 0.3) is 0 Å². The second-order valence-corrected chi connectivity index (χ2v) is 6.84. The fourth-order valence-electron chi connectivity index (χ4n) is 3.13. The Bertz CT molecular complexity index is 590. The second kappa shape index (κ2) is 5.71. The van der Waals surface area contributed by atoms with Gasteiger partial charge in [-0.15, -0.1) is 11.3 Å². The van der Waals surface area contributed by atoms with Crippen molar-refractivity contribution in [1.82, 2.24) is 0 Å². The first-order chi connectivity index (χ1) is 9.72. The summed E-state index contributed by atoms with van der Waals surface area (Å²) in [5.74, 6) is 0. The van der Waals surface area contributed by atoms with E-state index in [4.69, 9.17) is 5.73 Å². The maximum atomic E-state index is 6.59. The molecular weight excluding hydrogens is 262 g/mol. The fraction of sp³-hybridized carbons (Fsp3) is 0.444. The first-order valence-electron chi connectivity index (χ1n) is 7.71. The van der Waals surface area contributed by atoms with Crippen molar-refractivity contribution >= 4 is 11.3 Å². The molecule has 0 amide bonds. The number of benzene rings is 1. The Labute approximate surface area is 125 Å². The lowest BCUT2D eigenvalue weighted by atomic mass is 9.95. The molecule has 0 radical (unpaired) electrons. The van der Waals surface area contributed by atoms with Gasteiger partial charge in [0.25, 0.3) is 0 Å². The summed E-state index contributed by atoms with van der Waals surface area (Å²) in [4.78, 5) is 2.91. The molecule has 20 heavy (non-hydrogen) atoms. The van der Waals surface area contributed by atoms with E-state index in [2.05, 4.69) is 38.1 Å². The highest BCUT2D eigenvalue weighted by Gasteiger charge is 2.20. The average Bonchev–Trinajstić information content (AvgIpc) is 3.07. The summed E-state index contributed by atoms with van der Waals surface area (Å²) in [6.07, 6.45) is 5.95. The van der Waals surface area contributed by atoms with Crippen molar-refractivity contribution in [2.24, 2.45) is 5.73 Å². The molecule has 1 aliphatic carbocycles. The highest BCUT2D eigenvalue weighted by atomic mass is 32.1. The lowest BCUT2D eigenvalue weighted by Gasteiger charge is -2.16. The van der Waals surface area contributed by atoms with Crippen LogP contribution in [0.15, 0.2) is 24.3 Å². The molecule has 0 saturated carbocycles. The van der Waals surface area contributed by atoms with Gasteiger partial charge in [0.15, 0.2) is 0 Å². The van der Waals surface area contributed by atoms with Gasteiger partial charge in [0.05, 0.1) is 6.04 Å². The van der Waals surface area contributed by atoms with Gasteiger partial charge in [-0.05, 0) is 60.4 Å². The number of fused-ring (bicyclic) bond motifs is 1. The van der Waals surface area contributed by atoms with Crippen LogP contribution in [0, 0.1) is 0 Å².